The van der Waals surface area contributed by atoms with E-state index < -0.39 is 34.9 Å². The number of azide groups is 1. The Bertz CT molecular complexity index is 1690. The summed E-state index contributed by atoms with van der Waals surface area (Å²) < 4.78 is 6.57. The van der Waals surface area contributed by atoms with Crippen molar-refractivity contribution < 1.29 is 20.1 Å². The van der Waals surface area contributed by atoms with Crippen molar-refractivity contribution in [2.24, 2.45) is 5.11 Å². The minimum Gasteiger partial charge on any atom is -0.390 e. The third kappa shape index (κ3) is 7.15. The molecule has 0 spiro atoms. The van der Waals surface area contributed by atoms with Gasteiger partial charge in [0.2, 0.25) is 0 Å². The van der Waals surface area contributed by atoms with Crippen LogP contribution in [0.1, 0.15) is 22.3 Å². The lowest BCUT2D eigenvalue weighted by molar-refractivity contribution is -0.285. The molecule has 5 rings (SSSR count). The van der Waals surface area contributed by atoms with Gasteiger partial charge in [-0.15, -0.1) is 0 Å². The van der Waals surface area contributed by atoms with Gasteiger partial charge in [-0.05, 0) is 59.5 Å². The molecule has 1 heterocycles. The fourth-order valence-corrected chi connectivity index (χ4v) is 7.65. The Morgan fingerprint density at radius 2 is 1.29 bits per heavy atom. The van der Waals surface area contributed by atoms with Crippen LogP contribution in [0.5, 0.6) is 0 Å². The van der Waals surface area contributed by atoms with E-state index in [2.05, 4.69) is 10.0 Å². The number of hydrogen-bond donors (Lipinski definition) is 3. The highest BCUT2D eigenvalue weighted by molar-refractivity contribution is 7.99. The van der Waals surface area contributed by atoms with E-state index in [-0.39, 0.29) is 19.3 Å². The zero-order valence-electron chi connectivity index (χ0n) is 24.3. The summed E-state index contributed by atoms with van der Waals surface area (Å²) in [5.41, 5.74) is 7.00. The highest BCUT2D eigenvalue weighted by Crippen LogP contribution is 2.50. The number of hydrogen-bond acceptors (Lipinski definition) is 6. The normalized spacial score (nSPS) is 25.4. The summed E-state index contributed by atoms with van der Waals surface area (Å²) in [7, 11) is 0. The molecule has 3 N–H and O–H groups in total. The minimum atomic E-state index is -2.25. The van der Waals surface area contributed by atoms with Crippen molar-refractivity contribution in [1.29, 1.82) is 0 Å². The first-order valence-electron chi connectivity index (χ1n) is 14.3. The molecule has 4 aromatic carbocycles. The standard InChI is InChI=1S/C34H32Cl3N3O4S/c1-21-14-16-25(17-15-21)45-32-30(39-40-38)33(42,19-23-9-3-6-12-27(23)36)34(43,20-24-10-4-7-13-28(24)37)31(44-32)29(41)18-22-8-2-5-11-26(22)35/h2-17,29-32,41-43H,18-20H2,1H3/t29?,30-,31-,32+,33-,34+/m1/s1. The highest BCUT2D eigenvalue weighted by Gasteiger charge is 2.66. The van der Waals surface area contributed by atoms with Crippen molar-refractivity contribution in [2.45, 2.75) is 66.0 Å². The second kappa shape index (κ2) is 14.3. The van der Waals surface area contributed by atoms with Crippen LogP contribution >= 0.6 is 46.6 Å². The van der Waals surface area contributed by atoms with Gasteiger partial charge in [0, 0.05) is 44.1 Å². The van der Waals surface area contributed by atoms with Gasteiger partial charge < -0.3 is 20.1 Å². The predicted octanol–water partition coefficient (Wildman–Crippen LogP) is 8.00. The zero-order chi connectivity index (χ0) is 32.2. The van der Waals surface area contributed by atoms with Gasteiger partial charge in [0.1, 0.15) is 28.8 Å². The van der Waals surface area contributed by atoms with Crippen molar-refractivity contribution >= 4 is 46.6 Å². The number of halogens is 3. The molecule has 1 fully saturated rings. The van der Waals surface area contributed by atoms with Crippen LogP contribution in [-0.2, 0) is 24.0 Å². The van der Waals surface area contributed by atoms with Crippen LogP contribution in [0.15, 0.2) is 107 Å². The number of nitrogens with zero attached hydrogens (tertiary/aromatic N) is 3. The topological polar surface area (TPSA) is 119 Å². The van der Waals surface area contributed by atoms with Crippen LogP contribution in [0.25, 0.3) is 10.4 Å². The van der Waals surface area contributed by atoms with Gasteiger partial charge in [0.15, 0.2) is 0 Å². The van der Waals surface area contributed by atoms with E-state index in [1.165, 1.54) is 11.8 Å². The number of aliphatic hydroxyl groups is 3. The number of aryl methyl sites for hydroxylation is 1. The van der Waals surface area contributed by atoms with Gasteiger partial charge in [-0.25, -0.2) is 0 Å². The molecule has 6 atom stereocenters. The van der Waals surface area contributed by atoms with Crippen LogP contribution in [0, 0.1) is 6.92 Å². The second-order valence-electron chi connectivity index (χ2n) is 11.3. The van der Waals surface area contributed by atoms with Gasteiger partial charge in [0.25, 0.3) is 0 Å². The summed E-state index contributed by atoms with van der Waals surface area (Å²) in [4.78, 5) is 3.86. The third-order valence-electron chi connectivity index (χ3n) is 8.27. The van der Waals surface area contributed by atoms with Gasteiger partial charge in [-0.2, -0.15) is 0 Å². The van der Waals surface area contributed by atoms with E-state index in [1.54, 1.807) is 72.8 Å². The minimum absolute atomic E-state index is 0.00540. The van der Waals surface area contributed by atoms with Crippen molar-refractivity contribution in [3.63, 3.8) is 0 Å². The molecule has 1 unspecified atom stereocenters. The second-order valence-corrected chi connectivity index (χ2v) is 13.6. The lowest BCUT2D eigenvalue weighted by Gasteiger charge is -2.57. The third-order valence-corrected chi connectivity index (χ3v) is 10.5. The largest absolute Gasteiger partial charge is 0.390 e. The Kier molecular flexibility index (Phi) is 10.7. The van der Waals surface area contributed by atoms with E-state index in [4.69, 9.17) is 39.5 Å². The molecule has 4 aromatic rings. The predicted molar refractivity (Wildman–Crippen MR) is 180 cm³/mol. The van der Waals surface area contributed by atoms with Crippen LogP contribution in [-0.4, -0.2) is 50.2 Å². The first-order valence-corrected chi connectivity index (χ1v) is 16.3. The fourth-order valence-electron chi connectivity index (χ4n) is 5.89. The monoisotopic (exact) mass is 683 g/mol. The number of aliphatic hydroxyl groups excluding tert-OH is 1. The molecule has 1 saturated heterocycles. The van der Waals surface area contributed by atoms with Gasteiger partial charge >= 0.3 is 0 Å². The molecular formula is C34H32Cl3N3O4S. The van der Waals surface area contributed by atoms with Crippen molar-refractivity contribution in [3.8, 4) is 0 Å². The molecule has 7 nitrogen and oxygen atoms in total. The van der Waals surface area contributed by atoms with E-state index in [0.717, 1.165) is 10.5 Å². The number of rotatable bonds is 10. The molecule has 0 bridgehead atoms. The number of thioether (sulfide) groups is 1. The van der Waals surface area contributed by atoms with E-state index in [9.17, 15) is 20.9 Å². The molecule has 0 radical (unpaired) electrons. The van der Waals surface area contributed by atoms with Crippen LogP contribution in [0.2, 0.25) is 15.1 Å². The highest BCUT2D eigenvalue weighted by atomic mass is 35.5. The summed E-state index contributed by atoms with van der Waals surface area (Å²) >= 11 is 20.9. The first kappa shape index (κ1) is 33.6. The first-order chi connectivity index (χ1) is 21.6. The van der Waals surface area contributed by atoms with Crippen LogP contribution in [0.4, 0.5) is 0 Å². The maximum absolute atomic E-state index is 13.0. The molecule has 1 aliphatic rings. The molecule has 234 valence electrons. The quantitative estimate of drug-likeness (QED) is 0.0889. The van der Waals surface area contributed by atoms with Crippen molar-refractivity contribution in [3.05, 3.63) is 145 Å². The number of ether oxygens (including phenoxy) is 1. The van der Waals surface area contributed by atoms with Crippen LogP contribution < -0.4 is 0 Å². The molecular weight excluding hydrogens is 653 g/mol. The molecule has 11 heteroatoms. The van der Waals surface area contributed by atoms with Crippen molar-refractivity contribution in [2.75, 3.05) is 0 Å². The molecule has 0 amide bonds. The maximum atomic E-state index is 13.0. The van der Waals surface area contributed by atoms with E-state index in [1.807, 2.05) is 31.2 Å². The molecule has 0 saturated carbocycles. The maximum Gasteiger partial charge on any atom is 0.127 e. The Balaban J connectivity index is 1.70. The molecule has 1 aliphatic heterocycles. The smallest absolute Gasteiger partial charge is 0.127 e. The summed E-state index contributed by atoms with van der Waals surface area (Å²) in [5.74, 6) is 0. The van der Waals surface area contributed by atoms with E-state index >= 15 is 0 Å². The fraction of sp³-hybridized carbons (Fsp3) is 0.294. The Hall–Kier alpha value is -2.75. The van der Waals surface area contributed by atoms with Gasteiger partial charge in [-0.1, -0.05) is 124 Å². The number of benzene rings is 4. The summed E-state index contributed by atoms with van der Waals surface area (Å²) in [6.07, 6.45) is -3.21. The van der Waals surface area contributed by atoms with Crippen LogP contribution in [0.3, 0.4) is 0 Å². The molecule has 0 aromatic heterocycles. The lowest BCUT2D eigenvalue weighted by atomic mass is 9.65. The lowest BCUT2D eigenvalue weighted by Crippen LogP contribution is -2.76. The summed E-state index contributed by atoms with van der Waals surface area (Å²) in [5, 5.41) is 43.0. The van der Waals surface area contributed by atoms with E-state index in [0.29, 0.717) is 31.8 Å². The van der Waals surface area contributed by atoms with Gasteiger partial charge in [-0.3, -0.25) is 0 Å². The molecule has 0 aliphatic carbocycles. The summed E-state index contributed by atoms with van der Waals surface area (Å²) in [6.45, 7) is 1.96. The van der Waals surface area contributed by atoms with Crippen molar-refractivity contribution in [1.82, 2.24) is 0 Å². The Morgan fingerprint density at radius 3 is 1.80 bits per heavy atom. The SMILES string of the molecule is Cc1ccc(S[C@@H]2O[C@H](C(O)Cc3ccccc3Cl)[C@@](O)(Cc3ccccc3Cl)[C@@](O)(Cc3ccccc3Cl)[C@@H]2N=[N+]=[N-])cc1. The average molecular weight is 685 g/mol. The average Bonchev–Trinajstić information content (AvgIpc) is 3.01. The molecule has 45 heavy (non-hydrogen) atoms. The Labute approximate surface area is 281 Å². The zero-order valence-corrected chi connectivity index (χ0v) is 27.4. The summed E-state index contributed by atoms with van der Waals surface area (Å²) in [6, 6.07) is 27.2. The Morgan fingerprint density at radius 1 is 0.800 bits per heavy atom. The van der Waals surface area contributed by atoms with Gasteiger partial charge in [0.05, 0.1) is 6.10 Å².